The summed E-state index contributed by atoms with van der Waals surface area (Å²) in [7, 11) is 0. The number of nitrogens with one attached hydrogen (secondary N) is 1. The molecule has 1 N–H and O–H groups in total. The third-order valence-electron chi connectivity index (χ3n) is 2.41. The molecule has 0 atom stereocenters. The molecule has 0 saturated carbocycles. The molecule has 0 saturated heterocycles. The molecule has 0 fully saturated rings. The lowest BCUT2D eigenvalue weighted by Gasteiger charge is -2.06. The maximum atomic E-state index is 10.8. The van der Waals surface area contributed by atoms with Crippen molar-refractivity contribution in [1.29, 1.82) is 0 Å². The van der Waals surface area contributed by atoms with Gasteiger partial charge in [0.25, 0.3) is 5.69 Å². The highest BCUT2D eigenvalue weighted by molar-refractivity contribution is 5.62. The minimum absolute atomic E-state index is 0.0825. The molecule has 1 aromatic heterocycles. The number of hydrogen-bond acceptors (Lipinski definition) is 4. The molecule has 17 heavy (non-hydrogen) atoms. The highest BCUT2D eigenvalue weighted by Gasteiger charge is 2.12. The van der Waals surface area contributed by atoms with E-state index in [0.29, 0.717) is 12.2 Å². The summed E-state index contributed by atoms with van der Waals surface area (Å²) in [5.41, 5.74) is 2.53. The van der Waals surface area contributed by atoms with Crippen molar-refractivity contribution in [3.05, 3.63) is 58.0 Å². The minimum atomic E-state index is -0.392. The molecule has 2 rings (SSSR count). The van der Waals surface area contributed by atoms with E-state index < -0.39 is 4.92 Å². The number of nitrogens with zero attached hydrogens (tertiary/aromatic N) is 1. The van der Waals surface area contributed by atoms with Gasteiger partial charge in [0.15, 0.2) is 0 Å². The van der Waals surface area contributed by atoms with Crippen LogP contribution in [0.15, 0.2) is 41.2 Å². The highest BCUT2D eigenvalue weighted by Crippen LogP contribution is 2.25. The van der Waals surface area contributed by atoms with Crippen LogP contribution in [0.3, 0.4) is 0 Å². The number of nitro groups is 1. The fourth-order valence-electron chi connectivity index (χ4n) is 1.54. The number of furan rings is 1. The summed E-state index contributed by atoms with van der Waals surface area (Å²) in [6, 6.07) is 6.81. The van der Waals surface area contributed by atoms with Crippen molar-refractivity contribution in [3.8, 4) is 0 Å². The average Bonchev–Trinajstić information content (AvgIpc) is 2.78. The van der Waals surface area contributed by atoms with Crippen LogP contribution in [0.1, 0.15) is 11.1 Å². The highest BCUT2D eigenvalue weighted by atomic mass is 16.6. The third-order valence-corrected chi connectivity index (χ3v) is 2.41. The largest absolute Gasteiger partial charge is 0.472 e. The summed E-state index contributed by atoms with van der Waals surface area (Å²) in [6.45, 7) is 2.40. The molecule has 0 aliphatic carbocycles. The Balaban J connectivity index is 2.19. The van der Waals surface area contributed by atoms with Gasteiger partial charge >= 0.3 is 0 Å². The van der Waals surface area contributed by atoms with Crippen molar-refractivity contribution >= 4 is 11.4 Å². The van der Waals surface area contributed by atoms with E-state index in [2.05, 4.69) is 5.32 Å². The molecule has 0 aliphatic rings. The van der Waals surface area contributed by atoms with E-state index in [0.717, 1.165) is 11.1 Å². The molecule has 5 heteroatoms. The standard InChI is InChI=1S/C12H12N2O3/c1-9-2-3-12(14(15)16)11(6-9)13-7-10-4-5-17-8-10/h2-6,8,13H,7H2,1H3. The van der Waals surface area contributed by atoms with Gasteiger partial charge in [-0.2, -0.15) is 0 Å². The molecular formula is C12H12N2O3. The Kier molecular flexibility index (Phi) is 3.09. The summed E-state index contributed by atoms with van der Waals surface area (Å²) >= 11 is 0. The summed E-state index contributed by atoms with van der Waals surface area (Å²) in [6.07, 6.45) is 3.18. The van der Waals surface area contributed by atoms with Crippen molar-refractivity contribution in [1.82, 2.24) is 0 Å². The topological polar surface area (TPSA) is 68.3 Å². The van der Waals surface area contributed by atoms with Crippen molar-refractivity contribution in [3.63, 3.8) is 0 Å². The van der Waals surface area contributed by atoms with E-state index in [9.17, 15) is 10.1 Å². The smallest absolute Gasteiger partial charge is 0.292 e. The van der Waals surface area contributed by atoms with Gasteiger partial charge in [-0.1, -0.05) is 6.07 Å². The Morgan fingerprint density at radius 2 is 2.24 bits per heavy atom. The SMILES string of the molecule is Cc1ccc([N+](=O)[O-])c(NCc2ccoc2)c1. The second kappa shape index (κ2) is 4.69. The molecule has 0 spiro atoms. The van der Waals surface area contributed by atoms with E-state index in [4.69, 9.17) is 4.42 Å². The first-order valence-electron chi connectivity index (χ1n) is 5.17. The third kappa shape index (κ3) is 2.63. The van der Waals surface area contributed by atoms with Crippen molar-refractivity contribution < 1.29 is 9.34 Å². The lowest BCUT2D eigenvalue weighted by atomic mass is 10.2. The first-order valence-corrected chi connectivity index (χ1v) is 5.17. The fraction of sp³-hybridized carbons (Fsp3) is 0.167. The van der Waals surface area contributed by atoms with Gasteiger partial charge in [-0.15, -0.1) is 0 Å². The van der Waals surface area contributed by atoms with Crippen LogP contribution in [-0.4, -0.2) is 4.92 Å². The normalized spacial score (nSPS) is 10.2. The molecule has 2 aromatic rings. The van der Waals surface area contributed by atoms with Gasteiger partial charge in [-0.25, -0.2) is 0 Å². The van der Waals surface area contributed by atoms with Crippen molar-refractivity contribution in [2.45, 2.75) is 13.5 Å². The molecule has 5 nitrogen and oxygen atoms in total. The second-order valence-electron chi connectivity index (χ2n) is 3.76. The number of hydrogen-bond donors (Lipinski definition) is 1. The van der Waals surface area contributed by atoms with Crippen LogP contribution >= 0.6 is 0 Å². The van der Waals surface area contributed by atoms with Crippen LogP contribution < -0.4 is 5.32 Å². The molecule has 0 unspecified atom stereocenters. The summed E-state index contributed by atoms with van der Waals surface area (Å²) in [5.74, 6) is 0. The van der Waals surface area contributed by atoms with E-state index in [1.807, 2.05) is 13.0 Å². The van der Waals surface area contributed by atoms with Crippen LogP contribution in [-0.2, 0) is 6.54 Å². The zero-order chi connectivity index (χ0) is 12.3. The molecule has 0 bridgehead atoms. The molecule has 0 radical (unpaired) electrons. The first kappa shape index (κ1) is 11.2. The van der Waals surface area contributed by atoms with Gasteiger partial charge in [0.2, 0.25) is 0 Å². The van der Waals surface area contributed by atoms with Crippen molar-refractivity contribution in [2.24, 2.45) is 0 Å². The number of anilines is 1. The molecular weight excluding hydrogens is 220 g/mol. The van der Waals surface area contributed by atoms with Crippen molar-refractivity contribution in [2.75, 3.05) is 5.32 Å². The Morgan fingerprint density at radius 1 is 1.41 bits per heavy atom. The van der Waals surface area contributed by atoms with Crippen LogP contribution in [0.2, 0.25) is 0 Å². The number of nitro benzene ring substituents is 1. The quantitative estimate of drug-likeness (QED) is 0.649. The molecule has 0 amide bonds. The van der Waals surface area contributed by atoms with E-state index in [1.54, 1.807) is 24.7 Å². The Bertz CT molecular complexity index is 521. The van der Waals surface area contributed by atoms with Crippen LogP contribution in [0.5, 0.6) is 0 Å². The van der Waals surface area contributed by atoms with E-state index in [-0.39, 0.29) is 5.69 Å². The van der Waals surface area contributed by atoms with E-state index in [1.165, 1.54) is 6.07 Å². The van der Waals surface area contributed by atoms with Crippen LogP contribution in [0.25, 0.3) is 0 Å². The Morgan fingerprint density at radius 3 is 2.88 bits per heavy atom. The van der Waals surface area contributed by atoms with Gasteiger partial charge in [0, 0.05) is 18.2 Å². The summed E-state index contributed by atoms with van der Waals surface area (Å²) in [5, 5.41) is 13.9. The van der Waals surface area contributed by atoms with Gasteiger partial charge in [0.05, 0.1) is 17.4 Å². The summed E-state index contributed by atoms with van der Waals surface area (Å²) in [4.78, 5) is 10.4. The molecule has 0 aliphatic heterocycles. The van der Waals surface area contributed by atoms with Crippen LogP contribution in [0, 0.1) is 17.0 Å². The van der Waals surface area contributed by atoms with Gasteiger partial charge < -0.3 is 9.73 Å². The predicted octanol–water partition coefficient (Wildman–Crippen LogP) is 3.11. The second-order valence-corrected chi connectivity index (χ2v) is 3.76. The lowest BCUT2D eigenvalue weighted by Crippen LogP contribution is -2.02. The average molecular weight is 232 g/mol. The number of rotatable bonds is 4. The minimum Gasteiger partial charge on any atom is -0.472 e. The fourth-order valence-corrected chi connectivity index (χ4v) is 1.54. The summed E-state index contributed by atoms with van der Waals surface area (Å²) < 4.78 is 4.93. The van der Waals surface area contributed by atoms with Crippen LogP contribution in [0.4, 0.5) is 11.4 Å². The Labute approximate surface area is 98.2 Å². The molecule has 88 valence electrons. The Hall–Kier alpha value is -2.30. The van der Waals surface area contributed by atoms with Gasteiger partial charge in [0.1, 0.15) is 5.69 Å². The maximum Gasteiger partial charge on any atom is 0.292 e. The molecule has 1 aromatic carbocycles. The van der Waals surface area contributed by atoms with Gasteiger partial charge in [-0.05, 0) is 24.6 Å². The monoisotopic (exact) mass is 232 g/mol. The number of aryl methyl sites for hydroxylation is 1. The predicted molar refractivity (Wildman–Crippen MR) is 63.9 cm³/mol. The molecule has 1 heterocycles. The zero-order valence-electron chi connectivity index (χ0n) is 9.34. The van der Waals surface area contributed by atoms with Gasteiger partial charge in [-0.3, -0.25) is 10.1 Å². The maximum absolute atomic E-state index is 10.8. The lowest BCUT2D eigenvalue weighted by molar-refractivity contribution is -0.384. The number of benzene rings is 1. The van der Waals surface area contributed by atoms with E-state index >= 15 is 0 Å². The first-order chi connectivity index (χ1) is 8.16. The zero-order valence-corrected chi connectivity index (χ0v) is 9.34.